The highest BCUT2D eigenvalue weighted by molar-refractivity contribution is 6.04. The Balaban J connectivity index is 1.64. The number of esters is 1. The third-order valence-electron chi connectivity index (χ3n) is 4.48. The maximum atomic E-state index is 12.5. The van der Waals surface area contributed by atoms with Crippen LogP contribution in [0.2, 0.25) is 0 Å². The Bertz CT molecular complexity index is 892. The average molecular weight is 366 g/mol. The van der Waals surface area contributed by atoms with Crippen molar-refractivity contribution in [2.75, 3.05) is 23.4 Å². The Morgan fingerprint density at radius 3 is 2.63 bits per heavy atom. The molecule has 2 amide bonds. The molecule has 1 heterocycles. The molecular formula is C21H22N2O4. The molecule has 1 N–H and O–H groups in total. The second kappa shape index (κ2) is 8.03. The SMILES string of the molecule is Cc1ccc(NC(=O)COC(=O)c2ccccc2N2CCCC2=O)c(C)c1. The summed E-state index contributed by atoms with van der Waals surface area (Å²) >= 11 is 0. The first-order chi connectivity index (χ1) is 13.0. The summed E-state index contributed by atoms with van der Waals surface area (Å²) < 4.78 is 5.17. The molecule has 27 heavy (non-hydrogen) atoms. The van der Waals surface area contributed by atoms with E-state index in [-0.39, 0.29) is 11.5 Å². The first-order valence-corrected chi connectivity index (χ1v) is 8.89. The first-order valence-electron chi connectivity index (χ1n) is 8.89. The fourth-order valence-electron chi connectivity index (χ4n) is 3.13. The van der Waals surface area contributed by atoms with Gasteiger partial charge in [-0.1, -0.05) is 29.8 Å². The Labute approximate surface area is 158 Å². The number of hydrogen-bond donors (Lipinski definition) is 1. The molecule has 2 aromatic carbocycles. The van der Waals surface area contributed by atoms with Crippen molar-refractivity contribution in [3.63, 3.8) is 0 Å². The minimum Gasteiger partial charge on any atom is -0.452 e. The Kier molecular flexibility index (Phi) is 5.54. The lowest BCUT2D eigenvalue weighted by molar-refractivity contribution is -0.119. The van der Waals surface area contributed by atoms with Crippen LogP contribution in [0, 0.1) is 13.8 Å². The number of rotatable bonds is 5. The molecule has 140 valence electrons. The van der Waals surface area contributed by atoms with E-state index >= 15 is 0 Å². The van der Waals surface area contributed by atoms with E-state index in [1.165, 1.54) is 0 Å². The van der Waals surface area contributed by atoms with Gasteiger partial charge in [-0.3, -0.25) is 9.59 Å². The van der Waals surface area contributed by atoms with Crippen molar-refractivity contribution in [3.05, 3.63) is 59.2 Å². The number of hydrogen-bond acceptors (Lipinski definition) is 4. The van der Waals surface area contributed by atoms with Crippen molar-refractivity contribution in [3.8, 4) is 0 Å². The highest BCUT2D eigenvalue weighted by Gasteiger charge is 2.26. The summed E-state index contributed by atoms with van der Waals surface area (Å²) in [5.74, 6) is -1.05. The molecule has 0 radical (unpaired) electrons. The van der Waals surface area contributed by atoms with E-state index in [0.717, 1.165) is 17.5 Å². The number of nitrogens with zero attached hydrogens (tertiary/aromatic N) is 1. The van der Waals surface area contributed by atoms with E-state index in [0.29, 0.717) is 24.3 Å². The van der Waals surface area contributed by atoms with Gasteiger partial charge in [0.05, 0.1) is 11.3 Å². The predicted octanol–water partition coefficient (Wildman–Crippen LogP) is 3.23. The molecule has 3 rings (SSSR count). The molecule has 1 fully saturated rings. The van der Waals surface area contributed by atoms with Crippen LogP contribution in [0.3, 0.4) is 0 Å². The maximum Gasteiger partial charge on any atom is 0.340 e. The van der Waals surface area contributed by atoms with Crippen LogP contribution in [0.15, 0.2) is 42.5 Å². The van der Waals surface area contributed by atoms with Gasteiger partial charge in [-0.05, 0) is 44.0 Å². The monoisotopic (exact) mass is 366 g/mol. The van der Waals surface area contributed by atoms with Crippen LogP contribution in [-0.4, -0.2) is 30.9 Å². The maximum absolute atomic E-state index is 12.5. The molecule has 0 spiro atoms. The smallest absolute Gasteiger partial charge is 0.340 e. The highest BCUT2D eigenvalue weighted by atomic mass is 16.5. The number of aryl methyl sites for hydroxylation is 2. The molecule has 0 bridgehead atoms. The largest absolute Gasteiger partial charge is 0.452 e. The molecular weight excluding hydrogens is 344 g/mol. The lowest BCUT2D eigenvalue weighted by Gasteiger charge is -2.18. The Morgan fingerprint density at radius 1 is 1.15 bits per heavy atom. The van der Waals surface area contributed by atoms with Crippen molar-refractivity contribution >= 4 is 29.2 Å². The molecule has 0 unspecified atom stereocenters. The third kappa shape index (κ3) is 4.34. The predicted molar refractivity (Wildman–Crippen MR) is 103 cm³/mol. The summed E-state index contributed by atoms with van der Waals surface area (Å²) in [5.41, 5.74) is 3.54. The van der Waals surface area contributed by atoms with Gasteiger partial charge < -0.3 is 15.0 Å². The summed E-state index contributed by atoms with van der Waals surface area (Å²) in [6.07, 6.45) is 1.24. The van der Waals surface area contributed by atoms with E-state index in [1.54, 1.807) is 29.2 Å². The van der Waals surface area contributed by atoms with Crippen LogP contribution in [-0.2, 0) is 14.3 Å². The van der Waals surface area contributed by atoms with Gasteiger partial charge in [-0.25, -0.2) is 4.79 Å². The molecule has 1 saturated heterocycles. The van der Waals surface area contributed by atoms with E-state index in [1.807, 2.05) is 32.0 Å². The number of para-hydroxylation sites is 1. The van der Waals surface area contributed by atoms with Crippen LogP contribution >= 0.6 is 0 Å². The van der Waals surface area contributed by atoms with Gasteiger partial charge in [-0.2, -0.15) is 0 Å². The molecule has 1 aliphatic rings. The van der Waals surface area contributed by atoms with Gasteiger partial charge in [0.1, 0.15) is 0 Å². The molecule has 6 heteroatoms. The number of ether oxygens (including phenoxy) is 1. The summed E-state index contributed by atoms with van der Waals surface area (Å²) in [6, 6.07) is 12.5. The number of carbonyl (C=O) groups excluding carboxylic acids is 3. The summed E-state index contributed by atoms with van der Waals surface area (Å²) in [6.45, 7) is 4.06. The van der Waals surface area contributed by atoms with Crippen LogP contribution in [0.4, 0.5) is 11.4 Å². The summed E-state index contributed by atoms with van der Waals surface area (Å²) in [4.78, 5) is 38.2. The quantitative estimate of drug-likeness (QED) is 0.825. The van der Waals surface area contributed by atoms with Gasteiger partial charge in [0, 0.05) is 18.7 Å². The van der Waals surface area contributed by atoms with Gasteiger partial charge in [0.15, 0.2) is 6.61 Å². The van der Waals surface area contributed by atoms with Crippen molar-refractivity contribution in [1.29, 1.82) is 0 Å². The van der Waals surface area contributed by atoms with Crippen molar-refractivity contribution in [2.24, 2.45) is 0 Å². The fraction of sp³-hybridized carbons (Fsp3) is 0.286. The van der Waals surface area contributed by atoms with Crippen LogP contribution < -0.4 is 10.2 Å². The van der Waals surface area contributed by atoms with Gasteiger partial charge >= 0.3 is 5.97 Å². The van der Waals surface area contributed by atoms with Crippen LogP contribution in [0.5, 0.6) is 0 Å². The fourth-order valence-corrected chi connectivity index (χ4v) is 3.13. The number of anilines is 2. The molecule has 1 aliphatic heterocycles. The zero-order valence-corrected chi connectivity index (χ0v) is 15.5. The molecule has 2 aromatic rings. The van der Waals surface area contributed by atoms with Crippen LogP contribution in [0.1, 0.15) is 34.3 Å². The zero-order valence-electron chi connectivity index (χ0n) is 15.5. The third-order valence-corrected chi connectivity index (χ3v) is 4.48. The molecule has 0 saturated carbocycles. The minimum absolute atomic E-state index is 0.0113. The van der Waals surface area contributed by atoms with Crippen molar-refractivity contribution in [2.45, 2.75) is 26.7 Å². The molecule has 0 aliphatic carbocycles. The van der Waals surface area contributed by atoms with E-state index in [2.05, 4.69) is 5.32 Å². The Morgan fingerprint density at radius 2 is 1.93 bits per heavy atom. The number of carbonyl (C=O) groups is 3. The second-order valence-corrected chi connectivity index (χ2v) is 6.61. The zero-order chi connectivity index (χ0) is 19.4. The molecule has 6 nitrogen and oxygen atoms in total. The van der Waals surface area contributed by atoms with E-state index in [9.17, 15) is 14.4 Å². The lowest BCUT2D eigenvalue weighted by atomic mass is 10.1. The second-order valence-electron chi connectivity index (χ2n) is 6.61. The summed E-state index contributed by atoms with van der Waals surface area (Å²) in [5, 5.41) is 2.74. The summed E-state index contributed by atoms with van der Waals surface area (Å²) in [7, 11) is 0. The van der Waals surface area contributed by atoms with E-state index in [4.69, 9.17) is 4.74 Å². The van der Waals surface area contributed by atoms with Crippen molar-refractivity contribution < 1.29 is 19.1 Å². The lowest BCUT2D eigenvalue weighted by Crippen LogP contribution is -2.27. The highest BCUT2D eigenvalue weighted by Crippen LogP contribution is 2.26. The number of benzene rings is 2. The standard InChI is InChI=1S/C21H22N2O4/c1-14-9-10-17(15(2)12-14)22-19(24)13-27-21(26)16-6-3-4-7-18(16)23-11-5-8-20(23)25/h3-4,6-7,9-10,12H,5,8,11,13H2,1-2H3,(H,22,24). The van der Waals surface area contributed by atoms with E-state index < -0.39 is 18.5 Å². The Hall–Kier alpha value is -3.15. The van der Waals surface area contributed by atoms with Gasteiger partial charge in [-0.15, -0.1) is 0 Å². The van der Waals surface area contributed by atoms with Gasteiger partial charge in [0.2, 0.25) is 5.91 Å². The normalized spacial score (nSPS) is 13.6. The number of amides is 2. The van der Waals surface area contributed by atoms with Gasteiger partial charge in [0.25, 0.3) is 5.91 Å². The first kappa shape index (κ1) is 18.6. The van der Waals surface area contributed by atoms with Crippen molar-refractivity contribution in [1.82, 2.24) is 0 Å². The minimum atomic E-state index is -0.624. The van der Waals surface area contributed by atoms with Crippen LogP contribution in [0.25, 0.3) is 0 Å². The number of nitrogens with one attached hydrogen (secondary N) is 1. The molecule has 0 atom stereocenters. The average Bonchev–Trinajstić information content (AvgIpc) is 3.08. The molecule has 0 aromatic heterocycles. The topological polar surface area (TPSA) is 75.7 Å².